The van der Waals surface area contributed by atoms with E-state index in [1.54, 1.807) is 12.1 Å². The molecule has 0 aliphatic heterocycles. The number of halogens is 3. The Morgan fingerprint density at radius 3 is 2.67 bits per heavy atom. The number of pyridine rings is 1. The molecular weight excluding hydrogens is 465 g/mol. The number of methoxy groups -OCH3 is 1. The predicted molar refractivity (Wildman–Crippen MR) is 104 cm³/mol. The fourth-order valence-electron chi connectivity index (χ4n) is 2.33. The molecule has 1 amide bonds. The number of nitrogens with zero attached hydrogens (tertiary/aromatic N) is 3. The summed E-state index contributed by atoms with van der Waals surface area (Å²) in [5.41, 5.74) is 0.421. The van der Waals surface area contributed by atoms with E-state index in [2.05, 4.69) is 20.9 Å². The molecule has 1 aromatic carbocycles. The monoisotopic (exact) mass is 477 g/mol. The zero-order chi connectivity index (χ0) is 20.1. The van der Waals surface area contributed by atoms with Crippen molar-refractivity contribution < 1.29 is 19.6 Å². The van der Waals surface area contributed by atoms with E-state index in [9.17, 15) is 20.0 Å². The normalized spacial score (nSPS) is 10.5. The lowest BCUT2D eigenvalue weighted by Gasteiger charge is -2.21. The first kappa shape index (κ1) is 21.2. The van der Waals surface area contributed by atoms with Crippen LogP contribution >= 0.6 is 39.1 Å². The number of aromatic nitrogens is 1. The number of nitro groups is 1. The Bertz CT molecular complexity index is 881. The lowest BCUT2D eigenvalue weighted by molar-refractivity contribution is -0.386. The first-order chi connectivity index (χ1) is 12.7. The average molecular weight is 479 g/mol. The highest BCUT2D eigenvalue weighted by atomic mass is 79.9. The van der Waals surface area contributed by atoms with Crippen LogP contribution in [-0.2, 0) is 13.0 Å². The van der Waals surface area contributed by atoms with Crippen LogP contribution in [0.25, 0.3) is 0 Å². The van der Waals surface area contributed by atoms with Crippen molar-refractivity contribution in [3.05, 3.63) is 60.2 Å². The second-order valence-electron chi connectivity index (χ2n) is 5.35. The van der Waals surface area contributed by atoms with Crippen molar-refractivity contribution in [1.29, 1.82) is 0 Å². The summed E-state index contributed by atoms with van der Waals surface area (Å²) >= 11 is 15.5. The van der Waals surface area contributed by atoms with E-state index in [1.165, 1.54) is 19.2 Å². The highest BCUT2D eigenvalue weighted by Gasteiger charge is 2.21. The van der Waals surface area contributed by atoms with E-state index < -0.39 is 11.0 Å². The van der Waals surface area contributed by atoms with E-state index in [0.717, 1.165) is 4.90 Å². The minimum absolute atomic E-state index is 0.0234. The van der Waals surface area contributed by atoms with Crippen LogP contribution in [0.5, 0.6) is 5.88 Å². The largest absolute Gasteiger partial charge is 0.481 e. The molecule has 0 saturated heterocycles. The third-order valence-electron chi connectivity index (χ3n) is 3.71. The van der Waals surface area contributed by atoms with Crippen molar-refractivity contribution in [1.82, 2.24) is 9.88 Å². The smallest absolute Gasteiger partial charge is 0.407 e. The van der Waals surface area contributed by atoms with Gasteiger partial charge in [-0.15, -0.1) is 0 Å². The number of ether oxygens (including phenoxy) is 1. The number of carboxylic acid groups (broad SMARTS) is 1. The van der Waals surface area contributed by atoms with Crippen molar-refractivity contribution in [2.45, 2.75) is 13.0 Å². The molecule has 0 aliphatic rings. The van der Waals surface area contributed by atoms with Crippen molar-refractivity contribution in [3.8, 4) is 5.88 Å². The van der Waals surface area contributed by atoms with Crippen LogP contribution in [-0.4, -0.2) is 39.7 Å². The van der Waals surface area contributed by atoms with E-state index in [1.807, 2.05) is 0 Å². The molecule has 1 N–H and O–H groups in total. The van der Waals surface area contributed by atoms with Gasteiger partial charge in [-0.1, -0.05) is 39.1 Å². The summed E-state index contributed by atoms with van der Waals surface area (Å²) in [4.78, 5) is 27.4. The standard InChI is InChI=1S/C16H14BrCl2N3O5/c1-27-14-5-4-13(22(25)26)12(20-14)6-7-21(16(23)24)8-9-10(17)2-3-11(18)15(9)19/h2-5H,6-8H2,1H3,(H,23,24). The summed E-state index contributed by atoms with van der Waals surface area (Å²) in [7, 11) is 1.39. The molecule has 0 bridgehead atoms. The van der Waals surface area contributed by atoms with Gasteiger partial charge in [-0.3, -0.25) is 10.1 Å². The van der Waals surface area contributed by atoms with Crippen molar-refractivity contribution in [2.75, 3.05) is 13.7 Å². The Balaban J connectivity index is 2.25. The van der Waals surface area contributed by atoms with Crippen LogP contribution in [0, 0.1) is 10.1 Å². The van der Waals surface area contributed by atoms with Crippen LogP contribution < -0.4 is 4.74 Å². The number of amides is 1. The fourth-order valence-corrected chi connectivity index (χ4v) is 3.30. The molecule has 0 fully saturated rings. The van der Waals surface area contributed by atoms with E-state index in [4.69, 9.17) is 27.9 Å². The first-order valence-corrected chi connectivity index (χ1v) is 9.08. The molecule has 27 heavy (non-hydrogen) atoms. The second-order valence-corrected chi connectivity index (χ2v) is 6.99. The average Bonchev–Trinajstić information content (AvgIpc) is 2.63. The summed E-state index contributed by atoms with van der Waals surface area (Å²) in [6, 6.07) is 5.90. The van der Waals surface area contributed by atoms with Gasteiger partial charge in [0.1, 0.15) is 5.69 Å². The highest BCUT2D eigenvalue weighted by Crippen LogP contribution is 2.32. The van der Waals surface area contributed by atoms with Gasteiger partial charge < -0.3 is 14.7 Å². The van der Waals surface area contributed by atoms with Crippen LogP contribution in [0.2, 0.25) is 10.0 Å². The molecule has 1 aromatic heterocycles. The van der Waals surface area contributed by atoms with E-state index in [-0.39, 0.29) is 41.8 Å². The third kappa shape index (κ3) is 5.21. The summed E-state index contributed by atoms with van der Waals surface area (Å²) in [6.07, 6.45) is -1.18. The maximum absolute atomic E-state index is 11.6. The maximum atomic E-state index is 11.6. The van der Waals surface area contributed by atoms with Crippen LogP contribution in [0.15, 0.2) is 28.7 Å². The minimum Gasteiger partial charge on any atom is -0.481 e. The molecule has 2 rings (SSSR count). The van der Waals surface area contributed by atoms with Gasteiger partial charge in [-0.25, -0.2) is 9.78 Å². The molecule has 0 aliphatic carbocycles. The number of hydrogen-bond acceptors (Lipinski definition) is 5. The molecule has 0 saturated carbocycles. The van der Waals surface area contributed by atoms with Gasteiger partial charge >= 0.3 is 6.09 Å². The summed E-state index contributed by atoms with van der Waals surface area (Å²) in [6.45, 7) is -0.0846. The summed E-state index contributed by atoms with van der Waals surface area (Å²) in [5, 5.41) is 21.2. The first-order valence-electron chi connectivity index (χ1n) is 7.53. The number of rotatable bonds is 7. The van der Waals surface area contributed by atoms with Crippen LogP contribution in [0.3, 0.4) is 0 Å². The second kappa shape index (κ2) is 9.20. The number of carbonyl (C=O) groups is 1. The van der Waals surface area contributed by atoms with Crippen LogP contribution in [0.4, 0.5) is 10.5 Å². The lowest BCUT2D eigenvalue weighted by atomic mass is 10.2. The molecule has 144 valence electrons. The number of hydrogen-bond donors (Lipinski definition) is 1. The molecule has 0 spiro atoms. The SMILES string of the molecule is COc1ccc([N+](=O)[O-])c(CCN(Cc2c(Br)ccc(Cl)c2Cl)C(=O)O)n1. The van der Waals surface area contributed by atoms with Gasteiger partial charge in [0.15, 0.2) is 0 Å². The van der Waals surface area contributed by atoms with E-state index in [0.29, 0.717) is 15.1 Å². The van der Waals surface area contributed by atoms with Crippen LogP contribution in [0.1, 0.15) is 11.3 Å². The molecule has 11 heteroatoms. The zero-order valence-electron chi connectivity index (χ0n) is 14.0. The Kier molecular flexibility index (Phi) is 7.23. The molecule has 0 radical (unpaired) electrons. The maximum Gasteiger partial charge on any atom is 0.407 e. The Labute approximate surface area is 172 Å². The van der Waals surface area contributed by atoms with Crippen molar-refractivity contribution >= 4 is 50.9 Å². The molecular formula is C16H14BrCl2N3O5. The Morgan fingerprint density at radius 1 is 1.37 bits per heavy atom. The van der Waals surface area contributed by atoms with Gasteiger partial charge in [0.25, 0.3) is 5.69 Å². The van der Waals surface area contributed by atoms with Gasteiger partial charge in [0, 0.05) is 35.1 Å². The number of benzene rings is 1. The van der Waals surface area contributed by atoms with Gasteiger partial charge in [0.2, 0.25) is 5.88 Å². The third-order valence-corrected chi connectivity index (χ3v) is 5.29. The summed E-state index contributed by atoms with van der Waals surface area (Å²) in [5.74, 6) is 0.207. The van der Waals surface area contributed by atoms with E-state index >= 15 is 0 Å². The Morgan fingerprint density at radius 2 is 2.07 bits per heavy atom. The molecule has 0 atom stereocenters. The topological polar surface area (TPSA) is 106 Å². The molecule has 8 nitrogen and oxygen atoms in total. The summed E-state index contributed by atoms with van der Waals surface area (Å²) < 4.78 is 5.59. The molecule has 0 unspecified atom stereocenters. The van der Waals surface area contributed by atoms with Gasteiger partial charge in [-0.05, 0) is 12.1 Å². The Hall–Kier alpha value is -2.10. The van der Waals surface area contributed by atoms with Gasteiger partial charge in [0.05, 0.1) is 28.6 Å². The minimum atomic E-state index is -1.21. The van der Waals surface area contributed by atoms with Gasteiger partial charge in [-0.2, -0.15) is 0 Å². The lowest BCUT2D eigenvalue weighted by Crippen LogP contribution is -2.31. The fraction of sp³-hybridized carbons (Fsp3) is 0.250. The predicted octanol–water partition coefficient (Wildman–Crippen LogP) is 4.79. The van der Waals surface area contributed by atoms with Crippen molar-refractivity contribution in [3.63, 3.8) is 0 Å². The molecule has 2 aromatic rings. The molecule has 1 heterocycles. The zero-order valence-corrected chi connectivity index (χ0v) is 17.1. The highest BCUT2D eigenvalue weighted by molar-refractivity contribution is 9.10. The van der Waals surface area contributed by atoms with Crippen molar-refractivity contribution in [2.24, 2.45) is 0 Å². The quantitative estimate of drug-likeness (QED) is 0.348.